The van der Waals surface area contributed by atoms with Crippen LogP contribution < -0.4 is 10.1 Å². The van der Waals surface area contributed by atoms with E-state index in [1.165, 1.54) is 18.5 Å². The van der Waals surface area contributed by atoms with E-state index in [2.05, 4.69) is 15.3 Å². The Morgan fingerprint density at radius 3 is 2.77 bits per heavy atom. The summed E-state index contributed by atoms with van der Waals surface area (Å²) in [6, 6.07) is 9.91. The predicted molar refractivity (Wildman–Crippen MR) is 112 cm³/mol. The number of aromatic nitrogens is 2. The van der Waals surface area contributed by atoms with Gasteiger partial charge in [-0.05, 0) is 36.4 Å². The number of carbonyl (C=O) groups is 1. The number of aliphatic hydroxyl groups is 1. The Morgan fingerprint density at radius 1 is 1.23 bits per heavy atom. The molecule has 30 heavy (non-hydrogen) atoms. The molecule has 0 unspecified atom stereocenters. The number of hydrogen-bond donors (Lipinski definition) is 2. The van der Waals surface area contributed by atoms with Gasteiger partial charge in [-0.1, -0.05) is 11.6 Å². The Morgan fingerprint density at radius 2 is 2.03 bits per heavy atom. The molecule has 3 aromatic rings. The van der Waals surface area contributed by atoms with Gasteiger partial charge in [0.1, 0.15) is 36.4 Å². The van der Waals surface area contributed by atoms with Crippen molar-refractivity contribution in [3.8, 4) is 5.75 Å². The van der Waals surface area contributed by atoms with Crippen molar-refractivity contribution in [3.63, 3.8) is 0 Å². The molecule has 156 valence electrons. The highest BCUT2D eigenvalue weighted by atomic mass is 35.5. The van der Waals surface area contributed by atoms with Crippen molar-refractivity contribution in [1.29, 1.82) is 0 Å². The third-order valence-electron chi connectivity index (χ3n) is 5.02. The number of aliphatic hydroxyl groups excluding tert-OH is 1. The molecule has 9 heteroatoms. The summed E-state index contributed by atoms with van der Waals surface area (Å²) in [4.78, 5) is 21.8. The van der Waals surface area contributed by atoms with Gasteiger partial charge in [0, 0.05) is 37.0 Å². The molecular formula is C21H20ClFN4O3. The second-order valence-corrected chi connectivity index (χ2v) is 7.42. The Hall–Kier alpha value is -2.97. The molecule has 2 N–H and O–H groups in total. The highest BCUT2D eigenvalue weighted by molar-refractivity contribution is 6.31. The first kappa shape index (κ1) is 20.3. The van der Waals surface area contributed by atoms with Gasteiger partial charge in [0.25, 0.3) is 0 Å². The average Bonchev–Trinajstić information content (AvgIpc) is 2.77. The van der Waals surface area contributed by atoms with E-state index in [4.69, 9.17) is 21.4 Å². The van der Waals surface area contributed by atoms with E-state index in [9.17, 15) is 9.18 Å². The van der Waals surface area contributed by atoms with Crippen molar-refractivity contribution >= 4 is 39.9 Å². The molecule has 1 aromatic heterocycles. The van der Waals surface area contributed by atoms with Crippen LogP contribution in [0.5, 0.6) is 5.75 Å². The van der Waals surface area contributed by atoms with Crippen molar-refractivity contribution in [1.82, 2.24) is 14.9 Å². The fraction of sp³-hybridized carbons (Fsp3) is 0.286. The van der Waals surface area contributed by atoms with Crippen LogP contribution in [0.1, 0.15) is 12.8 Å². The second kappa shape index (κ2) is 8.81. The molecule has 0 saturated carbocycles. The number of ether oxygens (including phenoxy) is 1. The Labute approximate surface area is 177 Å². The minimum Gasteiger partial charge on any atom is -0.490 e. The van der Waals surface area contributed by atoms with Gasteiger partial charge < -0.3 is 20.1 Å². The molecule has 0 atom stereocenters. The third-order valence-corrected chi connectivity index (χ3v) is 5.31. The molecule has 1 aliphatic rings. The van der Waals surface area contributed by atoms with Crippen molar-refractivity contribution in [2.45, 2.75) is 18.9 Å². The summed E-state index contributed by atoms with van der Waals surface area (Å²) in [5, 5.41) is 12.9. The van der Waals surface area contributed by atoms with E-state index >= 15 is 0 Å². The lowest BCUT2D eigenvalue weighted by molar-refractivity contribution is -0.135. The summed E-state index contributed by atoms with van der Waals surface area (Å²) in [6.07, 6.45) is 2.80. The molecule has 0 aliphatic carbocycles. The Balaban J connectivity index is 1.51. The molecule has 2 aromatic carbocycles. The van der Waals surface area contributed by atoms with Gasteiger partial charge in [0.2, 0.25) is 5.91 Å². The largest absolute Gasteiger partial charge is 0.490 e. The number of benzene rings is 2. The van der Waals surface area contributed by atoms with Crippen LogP contribution in [-0.4, -0.2) is 51.7 Å². The van der Waals surface area contributed by atoms with Crippen LogP contribution >= 0.6 is 11.6 Å². The highest BCUT2D eigenvalue weighted by Crippen LogP contribution is 2.29. The van der Waals surface area contributed by atoms with Crippen LogP contribution in [0.3, 0.4) is 0 Å². The first-order valence-corrected chi connectivity index (χ1v) is 9.93. The Kier molecular flexibility index (Phi) is 5.96. The Bertz CT molecular complexity index is 1070. The number of likely N-dealkylation sites (tertiary alicyclic amines) is 1. The summed E-state index contributed by atoms with van der Waals surface area (Å²) in [6.45, 7) is 0.642. The standard InChI is InChI=1S/C21H20ClFN4O3/c22-17-9-13(1-3-18(17)23)26-21-16-10-15(2-4-19(16)24-12-25-21)30-14-5-7-27(8-6-14)20(29)11-28/h1-4,9-10,12,14,28H,5-8,11H2,(H,24,25,26). The molecule has 1 aliphatic heterocycles. The van der Waals surface area contributed by atoms with Gasteiger partial charge in [-0.15, -0.1) is 0 Å². The smallest absolute Gasteiger partial charge is 0.248 e. The maximum Gasteiger partial charge on any atom is 0.248 e. The minimum atomic E-state index is -0.489. The lowest BCUT2D eigenvalue weighted by Gasteiger charge is -2.31. The number of anilines is 2. The van der Waals surface area contributed by atoms with Crippen LogP contribution in [0.4, 0.5) is 15.9 Å². The van der Waals surface area contributed by atoms with Crippen LogP contribution in [0.2, 0.25) is 5.02 Å². The number of amides is 1. The molecule has 4 rings (SSSR count). The van der Waals surface area contributed by atoms with Crippen LogP contribution in [0, 0.1) is 5.82 Å². The average molecular weight is 431 g/mol. The summed E-state index contributed by atoms with van der Waals surface area (Å²) in [5.41, 5.74) is 1.34. The van der Waals surface area contributed by atoms with Gasteiger partial charge in [0.05, 0.1) is 10.5 Å². The summed E-state index contributed by atoms with van der Waals surface area (Å²) >= 11 is 5.86. The van der Waals surface area contributed by atoms with E-state index in [1.807, 2.05) is 18.2 Å². The number of nitrogens with one attached hydrogen (secondary N) is 1. The van der Waals surface area contributed by atoms with E-state index in [0.717, 1.165) is 10.9 Å². The molecule has 2 heterocycles. The first-order valence-electron chi connectivity index (χ1n) is 9.55. The van der Waals surface area contributed by atoms with Gasteiger partial charge >= 0.3 is 0 Å². The van der Waals surface area contributed by atoms with E-state index in [0.29, 0.717) is 43.2 Å². The van der Waals surface area contributed by atoms with Crippen molar-refractivity contribution in [3.05, 3.63) is 53.6 Å². The number of piperidine rings is 1. The van der Waals surface area contributed by atoms with Crippen LogP contribution in [0.25, 0.3) is 10.9 Å². The lowest BCUT2D eigenvalue weighted by Crippen LogP contribution is -2.42. The number of fused-ring (bicyclic) bond motifs is 1. The summed E-state index contributed by atoms with van der Waals surface area (Å²) < 4.78 is 19.5. The zero-order valence-corrected chi connectivity index (χ0v) is 16.8. The minimum absolute atomic E-state index is 0.0217. The van der Waals surface area contributed by atoms with E-state index < -0.39 is 12.4 Å². The maximum absolute atomic E-state index is 13.4. The highest BCUT2D eigenvalue weighted by Gasteiger charge is 2.23. The topological polar surface area (TPSA) is 87.6 Å². The van der Waals surface area contributed by atoms with Gasteiger partial charge in [-0.3, -0.25) is 4.79 Å². The van der Waals surface area contributed by atoms with Gasteiger partial charge in [-0.2, -0.15) is 0 Å². The monoisotopic (exact) mass is 430 g/mol. The molecule has 1 amide bonds. The number of nitrogens with zero attached hydrogens (tertiary/aromatic N) is 3. The third kappa shape index (κ3) is 4.44. The molecule has 0 bridgehead atoms. The summed E-state index contributed by atoms with van der Waals surface area (Å²) in [5.74, 6) is 0.478. The zero-order chi connectivity index (χ0) is 21.1. The molecule has 0 radical (unpaired) electrons. The van der Waals surface area contributed by atoms with E-state index in [1.54, 1.807) is 11.0 Å². The van der Waals surface area contributed by atoms with Crippen LogP contribution in [0.15, 0.2) is 42.7 Å². The SMILES string of the molecule is O=C(CO)N1CCC(Oc2ccc3ncnc(Nc4ccc(F)c(Cl)c4)c3c2)CC1. The van der Waals surface area contributed by atoms with Crippen molar-refractivity contribution < 1.29 is 19.0 Å². The fourth-order valence-corrected chi connectivity index (χ4v) is 3.62. The molecular weight excluding hydrogens is 411 g/mol. The predicted octanol–water partition coefficient (Wildman–Crippen LogP) is 3.53. The number of hydrogen-bond acceptors (Lipinski definition) is 6. The van der Waals surface area contributed by atoms with Crippen LogP contribution in [-0.2, 0) is 4.79 Å². The maximum atomic E-state index is 13.4. The quantitative estimate of drug-likeness (QED) is 0.644. The first-order chi connectivity index (χ1) is 14.5. The zero-order valence-electron chi connectivity index (χ0n) is 16.0. The van der Waals surface area contributed by atoms with Crippen molar-refractivity contribution in [2.24, 2.45) is 0 Å². The number of carbonyl (C=O) groups excluding carboxylic acids is 1. The molecule has 1 saturated heterocycles. The second-order valence-electron chi connectivity index (χ2n) is 7.01. The number of halogens is 2. The lowest BCUT2D eigenvalue weighted by atomic mass is 10.1. The van der Waals surface area contributed by atoms with Crippen molar-refractivity contribution in [2.75, 3.05) is 25.0 Å². The normalized spacial score (nSPS) is 14.7. The van der Waals surface area contributed by atoms with Gasteiger partial charge in [0.15, 0.2) is 0 Å². The summed E-state index contributed by atoms with van der Waals surface area (Å²) in [7, 11) is 0. The molecule has 0 spiro atoms. The molecule has 7 nitrogen and oxygen atoms in total. The van der Waals surface area contributed by atoms with E-state index in [-0.39, 0.29) is 17.0 Å². The number of rotatable bonds is 5. The fourth-order valence-electron chi connectivity index (χ4n) is 3.43. The van der Waals surface area contributed by atoms with Gasteiger partial charge in [-0.25, -0.2) is 14.4 Å². The molecule has 1 fully saturated rings.